The zero-order chi connectivity index (χ0) is 10.5. The molecule has 1 aromatic heterocycles. The summed E-state index contributed by atoms with van der Waals surface area (Å²) >= 11 is 1.26. The Morgan fingerprint density at radius 2 is 2.13 bits per heavy atom. The number of thiophene rings is 1. The van der Waals surface area contributed by atoms with Gasteiger partial charge in [0.15, 0.2) is 0 Å². The van der Waals surface area contributed by atoms with Crippen molar-refractivity contribution in [1.29, 1.82) is 0 Å². The number of sulfonamides is 1. The van der Waals surface area contributed by atoms with Gasteiger partial charge in [0.25, 0.3) is 0 Å². The molecule has 0 radical (unpaired) electrons. The topological polar surface area (TPSA) is 58.2 Å². The van der Waals surface area contributed by atoms with Gasteiger partial charge in [0.1, 0.15) is 4.21 Å². The summed E-state index contributed by atoms with van der Waals surface area (Å²) in [5.74, 6) is 1.03. The summed E-state index contributed by atoms with van der Waals surface area (Å²) in [4.78, 5) is 0. The van der Waals surface area contributed by atoms with Crippen molar-refractivity contribution < 1.29 is 8.42 Å². The fourth-order valence-electron chi connectivity index (χ4n) is 2.25. The second-order valence-electron chi connectivity index (χ2n) is 4.07. The number of piperidine rings is 1. The lowest BCUT2D eigenvalue weighted by atomic mass is 10.4. The zero-order valence-corrected chi connectivity index (χ0v) is 9.64. The third kappa shape index (κ3) is 1.61. The molecule has 1 aliphatic heterocycles. The number of hydrogen-bond donors (Lipinski definition) is 2. The monoisotopic (exact) mass is 244 g/mol. The first-order chi connectivity index (χ1) is 7.18. The molecule has 1 saturated carbocycles. The zero-order valence-electron chi connectivity index (χ0n) is 8.01. The Morgan fingerprint density at radius 1 is 1.40 bits per heavy atom. The first-order valence-corrected chi connectivity index (χ1v) is 7.31. The molecule has 3 atom stereocenters. The van der Waals surface area contributed by atoms with E-state index in [2.05, 4.69) is 10.0 Å². The van der Waals surface area contributed by atoms with Gasteiger partial charge in [-0.25, -0.2) is 13.1 Å². The van der Waals surface area contributed by atoms with Crippen LogP contribution in [0.4, 0.5) is 0 Å². The van der Waals surface area contributed by atoms with Crippen LogP contribution in [0.25, 0.3) is 0 Å². The van der Waals surface area contributed by atoms with Gasteiger partial charge in [-0.05, 0) is 36.4 Å². The maximum absolute atomic E-state index is 11.9. The Balaban J connectivity index is 1.74. The Labute approximate surface area is 92.7 Å². The lowest BCUT2D eigenvalue weighted by Gasteiger charge is -2.06. The smallest absolute Gasteiger partial charge is 0.250 e. The van der Waals surface area contributed by atoms with Crippen LogP contribution in [-0.4, -0.2) is 27.5 Å². The van der Waals surface area contributed by atoms with E-state index in [9.17, 15) is 8.42 Å². The highest BCUT2D eigenvalue weighted by Crippen LogP contribution is 2.42. The van der Waals surface area contributed by atoms with E-state index in [-0.39, 0.29) is 6.04 Å². The van der Waals surface area contributed by atoms with Crippen LogP contribution in [-0.2, 0) is 10.0 Å². The van der Waals surface area contributed by atoms with Crippen molar-refractivity contribution in [2.24, 2.45) is 11.8 Å². The van der Waals surface area contributed by atoms with Crippen LogP contribution in [0.1, 0.15) is 0 Å². The molecule has 2 N–H and O–H groups in total. The molecule has 0 aromatic carbocycles. The molecule has 1 aromatic rings. The van der Waals surface area contributed by atoms with Crippen molar-refractivity contribution in [3.8, 4) is 0 Å². The van der Waals surface area contributed by atoms with E-state index in [4.69, 9.17) is 0 Å². The van der Waals surface area contributed by atoms with E-state index in [1.807, 2.05) is 0 Å². The van der Waals surface area contributed by atoms with Crippen LogP contribution >= 0.6 is 11.3 Å². The summed E-state index contributed by atoms with van der Waals surface area (Å²) in [6.45, 7) is 1.89. The van der Waals surface area contributed by atoms with Crippen molar-refractivity contribution in [2.75, 3.05) is 13.1 Å². The van der Waals surface area contributed by atoms with Gasteiger partial charge in [-0.3, -0.25) is 0 Å². The van der Waals surface area contributed by atoms with Gasteiger partial charge >= 0.3 is 0 Å². The van der Waals surface area contributed by atoms with Gasteiger partial charge in [-0.1, -0.05) is 6.07 Å². The van der Waals surface area contributed by atoms with Gasteiger partial charge in [0, 0.05) is 6.04 Å². The third-order valence-electron chi connectivity index (χ3n) is 3.14. The average molecular weight is 244 g/mol. The van der Waals surface area contributed by atoms with Crippen LogP contribution < -0.4 is 10.0 Å². The Hall–Kier alpha value is -0.430. The molecule has 0 amide bonds. The molecule has 4 nitrogen and oxygen atoms in total. The summed E-state index contributed by atoms with van der Waals surface area (Å²) in [5, 5.41) is 5.02. The van der Waals surface area contributed by atoms with Crippen LogP contribution in [0.2, 0.25) is 0 Å². The second kappa shape index (κ2) is 3.28. The molecule has 2 fully saturated rings. The SMILES string of the molecule is O=S(=O)(NC1[C@H]2CNC[C@@H]12)c1cccs1. The molecule has 1 saturated heterocycles. The third-order valence-corrected chi connectivity index (χ3v) is 6.00. The normalized spacial score (nSPS) is 34.0. The summed E-state index contributed by atoms with van der Waals surface area (Å²) < 4.78 is 26.9. The minimum atomic E-state index is -3.25. The molecule has 82 valence electrons. The average Bonchev–Trinajstić information content (AvgIpc) is 2.75. The first-order valence-electron chi connectivity index (χ1n) is 4.95. The molecule has 1 aliphatic carbocycles. The molecule has 6 heteroatoms. The maximum Gasteiger partial charge on any atom is 0.250 e. The van der Waals surface area contributed by atoms with Crippen molar-refractivity contribution in [3.63, 3.8) is 0 Å². The van der Waals surface area contributed by atoms with E-state index < -0.39 is 10.0 Å². The van der Waals surface area contributed by atoms with E-state index in [1.165, 1.54) is 11.3 Å². The molecule has 15 heavy (non-hydrogen) atoms. The fraction of sp³-hybridized carbons (Fsp3) is 0.556. The number of nitrogens with one attached hydrogen (secondary N) is 2. The van der Waals surface area contributed by atoms with Crippen molar-refractivity contribution in [2.45, 2.75) is 10.3 Å². The van der Waals surface area contributed by atoms with Gasteiger partial charge in [-0.2, -0.15) is 0 Å². The van der Waals surface area contributed by atoms with Crippen LogP contribution in [0.5, 0.6) is 0 Å². The Bertz CT molecular complexity index is 444. The van der Waals surface area contributed by atoms with E-state index >= 15 is 0 Å². The highest BCUT2D eigenvalue weighted by molar-refractivity contribution is 7.91. The highest BCUT2D eigenvalue weighted by Gasteiger charge is 2.54. The highest BCUT2D eigenvalue weighted by atomic mass is 32.2. The summed E-state index contributed by atoms with van der Waals surface area (Å²) in [7, 11) is -3.25. The minimum Gasteiger partial charge on any atom is -0.316 e. The quantitative estimate of drug-likeness (QED) is 0.801. The second-order valence-corrected chi connectivity index (χ2v) is 6.95. The number of fused-ring (bicyclic) bond motifs is 1. The molecular formula is C9H12N2O2S2. The van der Waals surface area contributed by atoms with Crippen molar-refractivity contribution >= 4 is 21.4 Å². The van der Waals surface area contributed by atoms with Crippen molar-refractivity contribution in [3.05, 3.63) is 17.5 Å². The predicted molar refractivity (Wildman–Crippen MR) is 58.3 cm³/mol. The molecular weight excluding hydrogens is 232 g/mol. The fourth-order valence-corrected chi connectivity index (χ4v) is 4.59. The van der Waals surface area contributed by atoms with Crippen LogP contribution in [0.3, 0.4) is 0 Å². The van der Waals surface area contributed by atoms with Crippen LogP contribution in [0, 0.1) is 11.8 Å². The Morgan fingerprint density at radius 3 is 2.73 bits per heavy atom. The molecule has 3 rings (SSSR count). The summed E-state index contributed by atoms with van der Waals surface area (Å²) in [5.41, 5.74) is 0. The van der Waals surface area contributed by atoms with Crippen molar-refractivity contribution in [1.82, 2.24) is 10.0 Å². The molecule has 2 aliphatic rings. The van der Waals surface area contributed by atoms with E-state index in [0.717, 1.165) is 13.1 Å². The Kier molecular flexibility index (Phi) is 2.14. The molecule has 0 spiro atoms. The minimum absolute atomic E-state index is 0.165. The standard InChI is InChI=1S/C9H12N2O2S2/c12-15(13,8-2-1-3-14-8)11-9-6-4-10-5-7(6)9/h1-3,6-7,9-11H,4-5H2/t6-,7+,9?. The summed E-state index contributed by atoms with van der Waals surface area (Å²) in [6, 6.07) is 3.57. The van der Waals surface area contributed by atoms with Gasteiger partial charge < -0.3 is 5.32 Å². The van der Waals surface area contributed by atoms with Gasteiger partial charge in [0.2, 0.25) is 10.0 Å². The predicted octanol–water partition coefficient (Wildman–Crippen LogP) is 0.244. The first kappa shape index (κ1) is 9.77. The van der Waals surface area contributed by atoms with Crippen LogP contribution in [0.15, 0.2) is 21.7 Å². The molecule has 1 unspecified atom stereocenters. The maximum atomic E-state index is 11.9. The molecule has 2 heterocycles. The number of rotatable bonds is 3. The molecule has 0 bridgehead atoms. The largest absolute Gasteiger partial charge is 0.316 e. The lowest BCUT2D eigenvalue weighted by Crippen LogP contribution is -2.32. The van der Waals surface area contributed by atoms with Gasteiger partial charge in [0.05, 0.1) is 0 Å². The van der Waals surface area contributed by atoms with E-state index in [1.54, 1.807) is 17.5 Å². The number of hydrogen-bond acceptors (Lipinski definition) is 4. The summed E-state index contributed by atoms with van der Waals surface area (Å²) in [6.07, 6.45) is 0. The van der Waals surface area contributed by atoms with E-state index in [0.29, 0.717) is 16.0 Å². The van der Waals surface area contributed by atoms with Gasteiger partial charge in [-0.15, -0.1) is 11.3 Å². The lowest BCUT2D eigenvalue weighted by molar-refractivity contribution is 0.567.